The summed E-state index contributed by atoms with van der Waals surface area (Å²) in [5.74, 6) is 0.666. The molecule has 0 aliphatic carbocycles. The Morgan fingerprint density at radius 2 is 1.79 bits per heavy atom. The quantitative estimate of drug-likeness (QED) is 0.397. The summed E-state index contributed by atoms with van der Waals surface area (Å²) in [6.07, 6.45) is 1.59. The summed E-state index contributed by atoms with van der Waals surface area (Å²) in [4.78, 5) is 42.2. The number of carbonyl (C=O) groups is 3. The molecular formula is C29H25ClN4O4. The Hall–Kier alpha value is -4.56. The number of nitrogens with zero attached hydrogens (tertiary/aromatic N) is 2. The Morgan fingerprint density at radius 3 is 2.50 bits per heavy atom. The molecule has 2 aliphatic heterocycles. The first-order chi connectivity index (χ1) is 18.4. The molecule has 0 unspecified atom stereocenters. The number of benzene rings is 3. The zero-order valence-corrected chi connectivity index (χ0v) is 21.1. The molecule has 1 atom stereocenters. The summed E-state index contributed by atoms with van der Waals surface area (Å²) < 4.78 is 5.78. The summed E-state index contributed by atoms with van der Waals surface area (Å²) in [6, 6.07) is 22.4. The van der Waals surface area contributed by atoms with Crippen molar-refractivity contribution >= 4 is 35.1 Å². The summed E-state index contributed by atoms with van der Waals surface area (Å²) >= 11 is 6.17. The minimum atomic E-state index is -0.671. The van der Waals surface area contributed by atoms with Crippen LogP contribution in [0, 0.1) is 0 Å². The first-order valence-corrected chi connectivity index (χ1v) is 12.4. The summed E-state index contributed by atoms with van der Waals surface area (Å²) in [5.41, 5.74) is 2.23. The molecule has 0 aromatic heterocycles. The van der Waals surface area contributed by atoms with Gasteiger partial charge in [0.25, 0.3) is 5.91 Å². The van der Waals surface area contributed by atoms with Crippen LogP contribution in [-0.2, 0) is 9.59 Å². The van der Waals surface area contributed by atoms with Gasteiger partial charge in [-0.25, -0.2) is 4.79 Å². The summed E-state index contributed by atoms with van der Waals surface area (Å²) in [7, 11) is 0. The Balaban J connectivity index is 1.29. The number of anilines is 1. The third-order valence-electron chi connectivity index (χ3n) is 6.24. The van der Waals surface area contributed by atoms with Crippen molar-refractivity contribution in [2.24, 2.45) is 0 Å². The van der Waals surface area contributed by atoms with Gasteiger partial charge in [0, 0.05) is 17.3 Å². The van der Waals surface area contributed by atoms with E-state index in [9.17, 15) is 14.4 Å². The molecule has 8 nitrogen and oxygen atoms in total. The predicted octanol–water partition coefficient (Wildman–Crippen LogP) is 5.12. The van der Waals surface area contributed by atoms with Gasteiger partial charge in [-0.05, 0) is 54.1 Å². The van der Waals surface area contributed by atoms with Crippen molar-refractivity contribution in [2.45, 2.75) is 6.04 Å². The summed E-state index contributed by atoms with van der Waals surface area (Å²) in [5, 5.41) is 6.21. The van der Waals surface area contributed by atoms with E-state index in [0.29, 0.717) is 39.0 Å². The molecule has 5 rings (SSSR count). The number of hydrogen-bond acceptors (Lipinski definition) is 4. The highest BCUT2D eigenvalue weighted by Gasteiger charge is 2.44. The number of urea groups is 1. The predicted molar refractivity (Wildman–Crippen MR) is 145 cm³/mol. The van der Waals surface area contributed by atoms with Gasteiger partial charge in [-0.1, -0.05) is 48.0 Å². The van der Waals surface area contributed by atoms with Gasteiger partial charge in [-0.2, -0.15) is 0 Å². The lowest BCUT2D eigenvalue weighted by molar-refractivity contribution is -0.130. The van der Waals surface area contributed by atoms with Crippen molar-refractivity contribution in [1.29, 1.82) is 0 Å². The van der Waals surface area contributed by atoms with E-state index in [1.807, 2.05) is 30.3 Å². The number of nitrogens with one attached hydrogen (secondary N) is 2. The van der Waals surface area contributed by atoms with Crippen LogP contribution < -0.4 is 15.4 Å². The van der Waals surface area contributed by atoms with E-state index >= 15 is 0 Å². The van der Waals surface area contributed by atoms with Crippen LogP contribution in [-0.4, -0.2) is 47.3 Å². The fourth-order valence-corrected chi connectivity index (χ4v) is 4.74. The maximum absolute atomic E-state index is 13.5. The second-order valence-corrected chi connectivity index (χ2v) is 9.28. The van der Waals surface area contributed by atoms with Gasteiger partial charge in [0.2, 0.25) is 5.91 Å². The minimum absolute atomic E-state index is 0.129. The van der Waals surface area contributed by atoms with Crippen LogP contribution in [0.2, 0.25) is 5.02 Å². The van der Waals surface area contributed by atoms with E-state index in [4.69, 9.17) is 16.3 Å². The Kier molecular flexibility index (Phi) is 7.15. The molecule has 2 aliphatic rings. The summed E-state index contributed by atoms with van der Waals surface area (Å²) in [6.45, 7) is 3.91. The zero-order valence-electron chi connectivity index (χ0n) is 20.4. The van der Waals surface area contributed by atoms with Crippen LogP contribution in [0.25, 0.3) is 0 Å². The molecule has 38 heavy (non-hydrogen) atoms. The van der Waals surface area contributed by atoms with Crippen LogP contribution in [0.1, 0.15) is 11.6 Å². The van der Waals surface area contributed by atoms with Gasteiger partial charge >= 0.3 is 6.03 Å². The third kappa shape index (κ3) is 5.26. The monoisotopic (exact) mass is 528 g/mol. The largest absolute Gasteiger partial charge is 0.457 e. The van der Waals surface area contributed by atoms with Crippen LogP contribution in [0.15, 0.2) is 103 Å². The first-order valence-electron chi connectivity index (χ1n) is 12.0. The fraction of sp³-hybridized carbons (Fsp3) is 0.138. The van der Waals surface area contributed by atoms with E-state index in [0.717, 1.165) is 0 Å². The standard InChI is InChI=1S/C29H25ClN4O4/c1-2-15-34-24-17-33(28(36)26(24)27(32-29(34)37)19-7-6-8-20(30)16-19)18-25(35)31-21-11-13-23(14-12-21)38-22-9-4-3-5-10-22/h2-14,16,27H,1,15,17-18H2,(H,31,35)(H,32,37)/t27-/m0/s1. The van der Waals surface area contributed by atoms with Crippen molar-refractivity contribution in [3.8, 4) is 11.5 Å². The number of para-hydroxylation sites is 1. The molecule has 0 radical (unpaired) electrons. The highest BCUT2D eigenvalue weighted by molar-refractivity contribution is 6.30. The lowest BCUT2D eigenvalue weighted by Gasteiger charge is -2.33. The lowest BCUT2D eigenvalue weighted by Crippen LogP contribution is -2.47. The maximum atomic E-state index is 13.5. The molecular weight excluding hydrogens is 504 g/mol. The topological polar surface area (TPSA) is 91.0 Å². The molecule has 192 valence electrons. The van der Waals surface area contributed by atoms with Crippen molar-refractivity contribution in [1.82, 2.24) is 15.1 Å². The van der Waals surface area contributed by atoms with Gasteiger partial charge in [-0.15, -0.1) is 6.58 Å². The average Bonchev–Trinajstić information content (AvgIpc) is 3.22. The van der Waals surface area contributed by atoms with E-state index in [-0.39, 0.29) is 37.5 Å². The van der Waals surface area contributed by atoms with E-state index in [2.05, 4.69) is 17.2 Å². The van der Waals surface area contributed by atoms with E-state index in [1.54, 1.807) is 54.6 Å². The van der Waals surface area contributed by atoms with Gasteiger partial charge in [-0.3, -0.25) is 14.5 Å². The second-order valence-electron chi connectivity index (χ2n) is 8.85. The van der Waals surface area contributed by atoms with Gasteiger partial charge in [0.05, 0.1) is 23.9 Å². The molecule has 2 N–H and O–H groups in total. The van der Waals surface area contributed by atoms with Crippen LogP contribution in [0.5, 0.6) is 11.5 Å². The minimum Gasteiger partial charge on any atom is -0.457 e. The third-order valence-corrected chi connectivity index (χ3v) is 6.48. The molecule has 0 saturated carbocycles. The molecule has 0 fully saturated rings. The van der Waals surface area contributed by atoms with Gasteiger partial charge in [0.1, 0.15) is 18.0 Å². The highest BCUT2D eigenvalue weighted by atomic mass is 35.5. The fourth-order valence-electron chi connectivity index (χ4n) is 4.54. The smallest absolute Gasteiger partial charge is 0.322 e. The molecule has 0 saturated heterocycles. The first kappa shape index (κ1) is 25.1. The van der Waals surface area contributed by atoms with Crippen molar-refractivity contribution in [3.05, 3.63) is 113 Å². The molecule has 2 heterocycles. The number of hydrogen-bond donors (Lipinski definition) is 2. The molecule has 3 aromatic carbocycles. The normalized spacial score (nSPS) is 16.7. The molecule has 0 spiro atoms. The highest BCUT2D eigenvalue weighted by Crippen LogP contribution is 2.36. The Morgan fingerprint density at radius 1 is 1.05 bits per heavy atom. The van der Waals surface area contributed by atoms with E-state index in [1.165, 1.54) is 9.80 Å². The SMILES string of the molecule is C=CCN1C(=O)N[C@@H](c2cccc(Cl)c2)C2=C1CN(CC(=O)Nc1ccc(Oc3ccccc3)cc1)C2=O. The number of amides is 4. The van der Waals surface area contributed by atoms with Crippen LogP contribution in [0.3, 0.4) is 0 Å². The van der Waals surface area contributed by atoms with E-state index < -0.39 is 6.04 Å². The average molecular weight is 529 g/mol. The number of rotatable bonds is 8. The maximum Gasteiger partial charge on any atom is 0.322 e. The zero-order chi connectivity index (χ0) is 26.6. The molecule has 9 heteroatoms. The molecule has 3 aromatic rings. The number of halogens is 1. The lowest BCUT2D eigenvalue weighted by atomic mass is 9.95. The Bertz CT molecular complexity index is 1420. The van der Waals surface area contributed by atoms with Crippen LogP contribution in [0.4, 0.5) is 10.5 Å². The van der Waals surface area contributed by atoms with Crippen molar-refractivity contribution in [3.63, 3.8) is 0 Å². The second kappa shape index (κ2) is 10.8. The molecule has 4 amide bonds. The Labute approximate surface area is 225 Å². The number of carbonyl (C=O) groups excluding carboxylic acids is 3. The molecule has 0 bridgehead atoms. The van der Waals surface area contributed by atoms with Crippen molar-refractivity contribution in [2.75, 3.05) is 25.0 Å². The van der Waals surface area contributed by atoms with Crippen LogP contribution >= 0.6 is 11.6 Å². The number of ether oxygens (including phenoxy) is 1. The van der Waals surface area contributed by atoms with Gasteiger partial charge < -0.3 is 20.3 Å². The van der Waals surface area contributed by atoms with Crippen molar-refractivity contribution < 1.29 is 19.1 Å². The van der Waals surface area contributed by atoms with Gasteiger partial charge in [0.15, 0.2) is 0 Å².